The Balaban J connectivity index is 1.65. The van der Waals surface area contributed by atoms with Crippen molar-refractivity contribution < 1.29 is 19.5 Å². The highest BCUT2D eigenvalue weighted by Gasteiger charge is 2.31. The molecule has 1 N–H and O–H groups in total. The first kappa shape index (κ1) is 16.5. The SMILES string of the molecule is O=C(O)[C@@H]1CCCCN1C(=O)Cc1ccc(N2CCCC2=O)cc1. The zero-order chi connectivity index (χ0) is 17.1. The Hall–Kier alpha value is -2.37. The molecule has 2 saturated heterocycles. The molecule has 2 heterocycles. The fraction of sp³-hybridized carbons (Fsp3) is 0.500. The number of aliphatic carboxylic acids is 1. The van der Waals surface area contributed by atoms with Gasteiger partial charge >= 0.3 is 5.97 Å². The minimum absolute atomic E-state index is 0.136. The number of carbonyl (C=O) groups is 3. The van der Waals surface area contributed by atoms with Crippen LogP contribution in [0, 0.1) is 0 Å². The Morgan fingerprint density at radius 2 is 1.83 bits per heavy atom. The number of carbonyl (C=O) groups excluding carboxylic acids is 2. The van der Waals surface area contributed by atoms with Crippen LogP contribution in [-0.4, -0.2) is 46.9 Å². The van der Waals surface area contributed by atoms with E-state index in [0.717, 1.165) is 37.1 Å². The van der Waals surface area contributed by atoms with Crippen molar-refractivity contribution in [2.75, 3.05) is 18.0 Å². The second-order valence-corrected chi connectivity index (χ2v) is 6.43. The van der Waals surface area contributed by atoms with Crippen LogP contribution in [0.15, 0.2) is 24.3 Å². The van der Waals surface area contributed by atoms with Gasteiger partial charge in [0, 0.05) is 25.2 Å². The minimum atomic E-state index is -0.925. The number of hydrogen-bond donors (Lipinski definition) is 1. The number of benzene rings is 1. The lowest BCUT2D eigenvalue weighted by Crippen LogP contribution is -2.48. The molecule has 3 rings (SSSR count). The van der Waals surface area contributed by atoms with Crippen molar-refractivity contribution in [3.8, 4) is 0 Å². The number of likely N-dealkylation sites (tertiary alicyclic amines) is 1. The standard InChI is InChI=1S/C18H22N2O4/c21-16-5-3-11-19(16)14-8-6-13(7-9-14)12-17(22)20-10-2-1-4-15(20)18(23)24/h6-9,15H,1-5,10-12H2,(H,23,24)/t15-/m0/s1. The molecule has 0 bridgehead atoms. The van der Waals surface area contributed by atoms with Crippen LogP contribution in [0.1, 0.15) is 37.7 Å². The zero-order valence-electron chi connectivity index (χ0n) is 13.6. The molecule has 2 aliphatic heterocycles. The van der Waals surface area contributed by atoms with E-state index in [1.54, 1.807) is 4.90 Å². The quantitative estimate of drug-likeness (QED) is 0.913. The van der Waals surface area contributed by atoms with Gasteiger partial charge in [0.15, 0.2) is 0 Å². The number of carboxylic acid groups (broad SMARTS) is 1. The van der Waals surface area contributed by atoms with Crippen molar-refractivity contribution in [2.45, 2.75) is 44.6 Å². The number of rotatable bonds is 4. The van der Waals surface area contributed by atoms with Gasteiger partial charge in [0.05, 0.1) is 6.42 Å². The molecule has 0 unspecified atom stereocenters. The highest BCUT2D eigenvalue weighted by atomic mass is 16.4. The summed E-state index contributed by atoms with van der Waals surface area (Å²) < 4.78 is 0. The van der Waals surface area contributed by atoms with Crippen LogP contribution in [0.2, 0.25) is 0 Å². The van der Waals surface area contributed by atoms with Crippen LogP contribution >= 0.6 is 0 Å². The first-order chi connectivity index (χ1) is 11.6. The van der Waals surface area contributed by atoms with Crippen molar-refractivity contribution in [1.29, 1.82) is 0 Å². The lowest BCUT2D eigenvalue weighted by Gasteiger charge is -2.33. The maximum absolute atomic E-state index is 12.5. The van der Waals surface area contributed by atoms with Crippen LogP contribution in [0.4, 0.5) is 5.69 Å². The average Bonchev–Trinajstić information content (AvgIpc) is 3.01. The summed E-state index contributed by atoms with van der Waals surface area (Å²) in [6.07, 6.45) is 3.89. The van der Waals surface area contributed by atoms with Crippen molar-refractivity contribution in [2.24, 2.45) is 0 Å². The predicted molar refractivity (Wildman–Crippen MR) is 88.7 cm³/mol. The number of hydrogen-bond acceptors (Lipinski definition) is 3. The minimum Gasteiger partial charge on any atom is -0.480 e. The van der Waals surface area contributed by atoms with Crippen LogP contribution in [0.25, 0.3) is 0 Å². The van der Waals surface area contributed by atoms with Gasteiger partial charge in [0.1, 0.15) is 6.04 Å². The van der Waals surface area contributed by atoms with Gasteiger partial charge in [-0.25, -0.2) is 4.79 Å². The van der Waals surface area contributed by atoms with Gasteiger partial charge in [-0.15, -0.1) is 0 Å². The van der Waals surface area contributed by atoms with E-state index >= 15 is 0 Å². The van der Waals surface area contributed by atoms with Gasteiger partial charge in [-0.3, -0.25) is 9.59 Å². The summed E-state index contributed by atoms with van der Waals surface area (Å²) in [4.78, 5) is 38.8. The lowest BCUT2D eigenvalue weighted by atomic mass is 10.0. The Morgan fingerprint density at radius 3 is 2.46 bits per heavy atom. The van der Waals surface area contributed by atoms with Crippen LogP contribution in [0.5, 0.6) is 0 Å². The number of piperidine rings is 1. The third kappa shape index (κ3) is 3.42. The summed E-state index contributed by atoms with van der Waals surface area (Å²) in [5, 5.41) is 9.27. The van der Waals surface area contributed by atoms with Crippen LogP contribution in [-0.2, 0) is 20.8 Å². The second kappa shape index (κ2) is 7.03. The average molecular weight is 330 g/mol. The molecule has 0 aliphatic carbocycles. The molecule has 0 radical (unpaired) electrons. The van der Waals surface area contributed by atoms with E-state index in [1.807, 2.05) is 24.3 Å². The molecular formula is C18H22N2O4. The van der Waals surface area contributed by atoms with Crippen LogP contribution in [0.3, 0.4) is 0 Å². The molecule has 0 spiro atoms. The monoisotopic (exact) mass is 330 g/mol. The maximum Gasteiger partial charge on any atom is 0.326 e. The van der Waals surface area contributed by atoms with E-state index in [4.69, 9.17) is 0 Å². The van der Waals surface area contributed by atoms with Crippen molar-refractivity contribution >= 4 is 23.5 Å². The number of amides is 2. The molecule has 1 aromatic carbocycles. The number of nitrogens with zero attached hydrogens (tertiary/aromatic N) is 2. The first-order valence-corrected chi connectivity index (χ1v) is 8.48. The molecule has 0 saturated carbocycles. The van der Waals surface area contributed by atoms with Gasteiger partial charge in [-0.2, -0.15) is 0 Å². The van der Waals surface area contributed by atoms with E-state index in [2.05, 4.69) is 0 Å². The lowest BCUT2D eigenvalue weighted by molar-refractivity contribution is -0.151. The summed E-state index contributed by atoms with van der Waals surface area (Å²) in [6.45, 7) is 1.25. The van der Waals surface area contributed by atoms with Crippen molar-refractivity contribution in [3.63, 3.8) is 0 Å². The second-order valence-electron chi connectivity index (χ2n) is 6.43. The molecule has 128 valence electrons. The molecule has 24 heavy (non-hydrogen) atoms. The molecule has 6 heteroatoms. The normalized spacial score (nSPS) is 21.2. The topological polar surface area (TPSA) is 77.9 Å². The summed E-state index contributed by atoms with van der Waals surface area (Å²) in [7, 11) is 0. The van der Waals surface area contributed by atoms with Gasteiger partial charge in [0.25, 0.3) is 0 Å². The molecule has 1 atom stereocenters. The van der Waals surface area contributed by atoms with E-state index in [0.29, 0.717) is 19.4 Å². The third-order valence-electron chi connectivity index (χ3n) is 4.78. The molecule has 0 aromatic heterocycles. The van der Waals surface area contributed by atoms with E-state index in [1.165, 1.54) is 4.90 Å². The van der Waals surface area contributed by atoms with Gasteiger partial charge in [0.2, 0.25) is 11.8 Å². The molecule has 2 fully saturated rings. The molecule has 2 aliphatic rings. The summed E-state index contributed by atoms with van der Waals surface area (Å²) in [5.74, 6) is -0.936. The fourth-order valence-corrected chi connectivity index (χ4v) is 3.48. The highest BCUT2D eigenvalue weighted by molar-refractivity contribution is 5.95. The molecule has 1 aromatic rings. The highest BCUT2D eigenvalue weighted by Crippen LogP contribution is 2.23. The Bertz CT molecular complexity index is 641. The van der Waals surface area contributed by atoms with Crippen LogP contribution < -0.4 is 4.90 Å². The Kier molecular flexibility index (Phi) is 4.83. The maximum atomic E-state index is 12.5. The summed E-state index contributed by atoms with van der Waals surface area (Å²) >= 11 is 0. The van der Waals surface area contributed by atoms with Gasteiger partial charge in [-0.05, 0) is 43.4 Å². The Morgan fingerprint density at radius 1 is 1.08 bits per heavy atom. The van der Waals surface area contributed by atoms with Gasteiger partial charge in [-0.1, -0.05) is 12.1 Å². The third-order valence-corrected chi connectivity index (χ3v) is 4.78. The summed E-state index contributed by atoms with van der Waals surface area (Å²) in [5.41, 5.74) is 1.69. The number of anilines is 1. The largest absolute Gasteiger partial charge is 0.480 e. The predicted octanol–water partition coefficient (Wildman–Crippen LogP) is 1.82. The Labute approximate surface area is 141 Å². The molecular weight excluding hydrogens is 308 g/mol. The zero-order valence-corrected chi connectivity index (χ0v) is 13.6. The fourth-order valence-electron chi connectivity index (χ4n) is 3.48. The first-order valence-electron chi connectivity index (χ1n) is 8.48. The van der Waals surface area contributed by atoms with E-state index in [9.17, 15) is 19.5 Å². The van der Waals surface area contributed by atoms with Crippen molar-refractivity contribution in [3.05, 3.63) is 29.8 Å². The molecule has 2 amide bonds. The van der Waals surface area contributed by atoms with Crippen molar-refractivity contribution in [1.82, 2.24) is 4.90 Å². The summed E-state index contributed by atoms with van der Waals surface area (Å²) in [6, 6.07) is 6.71. The van der Waals surface area contributed by atoms with E-state index in [-0.39, 0.29) is 18.2 Å². The van der Waals surface area contributed by atoms with E-state index < -0.39 is 12.0 Å². The van der Waals surface area contributed by atoms with Gasteiger partial charge < -0.3 is 14.9 Å². The molecule has 6 nitrogen and oxygen atoms in total. The smallest absolute Gasteiger partial charge is 0.326 e. The number of carboxylic acids is 1.